The quantitative estimate of drug-likeness (QED) is 0.787. The standard InChI is InChI=1S/C15H23NO2S/c1-18-13-4-6-14(7-5-13)19-10-8-12-3-2-9-15(12,17)11-16/h4-7,12,17H,2-3,8-11,16H2,1H3. The van der Waals surface area contributed by atoms with E-state index in [1.807, 2.05) is 23.9 Å². The lowest BCUT2D eigenvalue weighted by molar-refractivity contribution is 0.0104. The molecule has 106 valence electrons. The zero-order chi connectivity index (χ0) is 13.7. The van der Waals surface area contributed by atoms with Gasteiger partial charge >= 0.3 is 0 Å². The first-order valence-corrected chi connectivity index (χ1v) is 7.86. The van der Waals surface area contributed by atoms with E-state index in [0.29, 0.717) is 12.5 Å². The first kappa shape index (κ1) is 14.7. The highest BCUT2D eigenvalue weighted by Gasteiger charge is 2.39. The second-order valence-corrected chi connectivity index (χ2v) is 6.38. The molecule has 0 spiro atoms. The second-order valence-electron chi connectivity index (χ2n) is 5.21. The van der Waals surface area contributed by atoms with Crippen molar-refractivity contribution < 1.29 is 9.84 Å². The number of nitrogens with two attached hydrogens (primary N) is 1. The molecule has 3 nitrogen and oxygen atoms in total. The Kier molecular flexibility index (Phi) is 5.13. The summed E-state index contributed by atoms with van der Waals surface area (Å²) in [5.41, 5.74) is 5.09. The predicted octanol–water partition coefficient (Wildman–Crippen LogP) is 2.67. The number of benzene rings is 1. The molecule has 2 unspecified atom stereocenters. The van der Waals surface area contributed by atoms with E-state index in [1.54, 1.807) is 7.11 Å². The summed E-state index contributed by atoms with van der Waals surface area (Å²) in [5, 5.41) is 10.4. The van der Waals surface area contributed by atoms with Crippen LogP contribution >= 0.6 is 11.8 Å². The number of methoxy groups -OCH3 is 1. The van der Waals surface area contributed by atoms with Gasteiger partial charge in [-0.25, -0.2) is 0 Å². The maximum atomic E-state index is 10.4. The number of ether oxygens (including phenoxy) is 1. The lowest BCUT2D eigenvalue weighted by Gasteiger charge is -2.28. The Labute approximate surface area is 119 Å². The summed E-state index contributed by atoms with van der Waals surface area (Å²) in [6, 6.07) is 8.11. The van der Waals surface area contributed by atoms with Gasteiger partial charge in [0.2, 0.25) is 0 Å². The topological polar surface area (TPSA) is 55.5 Å². The van der Waals surface area contributed by atoms with Gasteiger partial charge in [0.15, 0.2) is 0 Å². The van der Waals surface area contributed by atoms with Gasteiger partial charge in [-0.2, -0.15) is 0 Å². The minimum atomic E-state index is -0.611. The van der Waals surface area contributed by atoms with Crippen LogP contribution in [0.15, 0.2) is 29.2 Å². The van der Waals surface area contributed by atoms with E-state index in [4.69, 9.17) is 10.5 Å². The molecule has 0 amide bonds. The summed E-state index contributed by atoms with van der Waals surface area (Å²) in [4.78, 5) is 1.25. The minimum Gasteiger partial charge on any atom is -0.497 e. The Bertz CT molecular complexity index is 396. The molecule has 1 aromatic rings. The lowest BCUT2D eigenvalue weighted by Crippen LogP contribution is -2.41. The monoisotopic (exact) mass is 281 g/mol. The van der Waals surface area contributed by atoms with E-state index in [0.717, 1.165) is 37.2 Å². The molecule has 1 saturated carbocycles. The van der Waals surface area contributed by atoms with E-state index in [9.17, 15) is 5.11 Å². The predicted molar refractivity (Wildman–Crippen MR) is 79.7 cm³/mol. The maximum Gasteiger partial charge on any atom is 0.118 e. The smallest absolute Gasteiger partial charge is 0.118 e. The highest BCUT2D eigenvalue weighted by atomic mass is 32.2. The van der Waals surface area contributed by atoms with E-state index in [2.05, 4.69) is 12.1 Å². The van der Waals surface area contributed by atoms with Gasteiger partial charge < -0.3 is 15.6 Å². The summed E-state index contributed by atoms with van der Waals surface area (Å²) < 4.78 is 5.14. The Morgan fingerprint density at radius 1 is 1.42 bits per heavy atom. The molecule has 1 aliphatic carbocycles. The van der Waals surface area contributed by atoms with Crippen LogP contribution in [0.3, 0.4) is 0 Å². The number of hydrogen-bond acceptors (Lipinski definition) is 4. The Hall–Kier alpha value is -0.710. The normalized spacial score (nSPS) is 26.6. The van der Waals surface area contributed by atoms with Gasteiger partial charge in [0.05, 0.1) is 12.7 Å². The van der Waals surface area contributed by atoms with Crippen molar-refractivity contribution in [1.82, 2.24) is 0 Å². The Morgan fingerprint density at radius 2 is 2.16 bits per heavy atom. The molecule has 0 heterocycles. The third-order valence-corrected chi connectivity index (χ3v) is 5.12. The van der Waals surface area contributed by atoms with Crippen LogP contribution in [-0.4, -0.2) is 30.1 Å². The van der Waals surface area contributed by atoms with Crippen LogP contribution in [0.4, 0.5) is 0 Å². The summed E-state index contributed by atoms with van der Waals surface area (Å²) in [5.74, 6) is 2.28. The highest BCUT2D eigenvalue weighted by molar-refractivity contribution is 7.99. The molecule has 1 fully saturated rings. The fraction of sp³-hybridized carbons (Fsp3) is 0.600. The molecule has 2 rings (SSSR count). The molecule has 0 bridgehead atoms. The van der Waals surface area contributed by atoms with Crippen molar-refractivity contribution in [2.24, 2.45) is 11.7 Å². The minimum absolute atomic E-state index is 0.364. The number of aliphatic hydroxyl groups is 1. The van der Waals surface area contributed by atoms with Crippen LogP contribution in [0.5, 0.6) is 5.75 Å². The van der Waals surface area contributed by atoms with Crippen LogP contribution < -0.4 is 10.5 Å². The first-order valence-electron chi connectivity index (χ1n) is 6.87. The summed E-state index contributed by atoms with van der Waals surface area (Å²) in [6.07, 6.45) is 4.11. The van der Waals surface area contributed by atoms with Crippen LogP contribution in [0, 0.1) is 5.92 Å². The molecule has 1 aromatic carbocycles. The number of hydrogen-bond donors (Lipinski definition) is 2. The molecule has 3 N–H and O–H groups in total. The van der Waals surface area contributed by atoms with Gasteiger partial charge in [0.1, 0.15) is 5.75 Å². The fourth-order valence-electron chi connectivity index (χ4n) is 2.80. The van der Waals surface area contributed by atoms with Gasteiger partial charge in [-0.15, -0.1) is 11.8 Å². The average molecular weight is 281 g/mol. The molecule has 1 aliphatic rings. The van der Waals surface area contributed by atoms with Crippen LogP contribution in [-0.2, 0) is 0 Å². The largest absolute Gasteiger partial charge is 0.497 e. The SMILES string of the molecule is COc1ccc(SCCC2CCCC2(O)CN)cc1. The lowest BCUT2D eigenvalue weighted by atomic mass is 9.89. The molecule has 0 aliphatic heterocycles. The van der Waals surface area contributed by atoms with E-state index >= 15 is 0 Å². The first-order chi connectivity index (χ1) is 9.18. The van der Waals surface area contributed by atoms with Gasteiger partial charge in [-0.05, 0) is 55.2 Å². The van der Waals surface area contributed by atoms with Gasteiger partial charge in [-0.3, -0.25) is 0 Å². The van der Waals surface area contributed by atoms with Gasteiger partial charge in [0, 0.05) is 11.4 Å². The zero-order valence-electron chi connectivity index (χ0n) is 11.5. The van der Waals surface area contributed by atoms with Crippen molar-refractivity contribution in [2.45, 2.75) is 36.2 Å². The van der Waals surface area contributed by atoms with Crippen molar-refractivity contribution in [3.63, 3.8) is 0 Å². The van der Waals surface area contributed by atoms with Crippen LogP contribution in [0.25, 0.3) is 0 Å². The van der Waals surface area contributed by atoms with E-state index < -0.39 is 5.60 Å². The molecule has 2 atom stereocenters. The molecular formula is C15H23NO2S. The highest BCUT2D eigenvalue weighted by Crippen LogP contribution is 2.38. The Balaban J connectivity index is 1.79. The van der Waals surface area contributed by atoms with Crippen molar-refractivity contribution in [2.75, 3.05) is 19.4 Å². The van der Waals surface area contributed by atoms with Crippen molar-refractivity contribution in [3.05, 3.63) is 24.3 Å². The summed E-state index contributed by atoms with van der Waals surface area (Å²) >= 11 is 1.83. The zero-order valence-corrected chi connectivity index (χ0v) is 12.3. The molecule has 0 aromatic heterocycles. The van der Waals surface area contributed by atoms with Crippen molar-refractivity contribution in [3.8, 4) is 5.75 Å². The number of rotatable bonds is 6. The van der Waals surface area contributed by atoms with E-state index in [-0.39, 0.29) is 0 Å². The third-order valence-electron chi connectivity index (χ3n) is 4.07. The van der Waals surface area contributed by atoms with Crippen molar-refractivity contribution in [1.29, 1.82) is 0 Å². The van der Waals surface area contributed by atoms with Crippen molar-refractivity contribution >= 4 is 11.8 Å². The Morgan fingerprint density at radius 3 is 2.79 bits per heavy atom. The summed E-state index contributed by atoms with van der Waals surface area (Å²) in [6.45, 7) is 0.394. The second kappa shape index (κ2) is 6.64. The summed E-state index contributed by atoms with van der Waals surface area (Å²) in [7, 11) is 1.68. The van der Waals surface area contributed by atoms with E-state index in [1.165, 1.54) is 4.90 Å². The molecule has 0 saturated heterocycles. The molecule has 19 heavy (non-hydrogen) atoms. The number of thioether (sulfide) groups is 1. The third kappa shape index (κ3) is 3.65. The molecule has 0 radical (unpaired) electrons. The van der Waals surface area contributed by atoms with Gasteiger partial charge in [0.25, 0.3) is 0 Å². The maximum absolute atomic E-state index is 10.4. The van der Waals surface area contributed by atoms with Crippen LogP contribution in [0.2, 0.25) is 0 Å². The molecular weight excluding hydrogens is 258 g/mol. The molecule has 4 heteroatoms. The van der Waals surface area contributed by atoms with Crippen LogP contribution in [0.1, 0.15) is 25.7 Å². The fourth-order valence-corrected chi connectivity index (χ4v) is 3.77. The average Bonchev–Trinajstić information content (AvgIpc) is 2.82. The van der Waals surface area contributed by atoms with Gasteiger partial charge in [-0.1, -0.05) is 6.42 Å².